The number of hydrogen-bond donors (Lipinski definition) is 2. The van der Waals surface area contributed by atoms with Crippen molar-refractivity contribution < 1.29 is 19.7 Å². The molecule has 0 amide bonds. The van der Waals surface area contributed by atoms with Crippen LogP contribution in [0.1, 0.15) is 31.7 Å². The lowest BCUT2D eigenvalue weighted by Crippen LogP contribution is -2.29. The summed E-state index contributed by atoms with van der Waals surface area (Å²) in [7, 11) is 0. The molecule has 1 aliphatic carbocycles. The number of ether oxygens (including phenoxy) is 1. The van der Waals surface area contributed by atoms with E-state index in [2.05, 4.69) is 0 Å². The third-order valence-corrected chi connectivity index (χ3v) is 4.18. The summed E-state index contributed by atoms with van der Waals surface area (Å²) < 4.78 is 5.84. The van der Waals surface area contributed by atoms with Crippen LogP contribution in [0.25, 0.3) is 0 Å². The van der Waals surface area contributed by atoms with Crippen LogP contribution in [0, 0.1) is 0 Å². The van der Waals surface area contributed by atoms with Crippen molar-refractivity contribution in [3.8, 4) is 11.5 Å². The van der Waals surface area contributed by atoms with Gasteiger partial charge in [0.2, 0.25) is 0 Å². The lowest BCUT2D eigenvalue weighted by molar-refractivity contribution is -0.136. The summed E-state index contributed by atoms with van der Waals surface area (Å²) in [5, 5.41) is 18.5. The van der Waals surface area contributed by atoms with Crippen molar-refractivity contribution in [1.29, 1.82) is 0 Å². The number of allylic oxidation sites excluding steroid dienone is 1. The van der Waals surface area contributed by atoms with Gasteiger partial charge in [0, 0.05) is 5.56 Å². The second kappa shape index (κ2) is 7.28. The highest BCUT2D eigenvalue weighted by Crippen LogP contribution is 2.33. The summed E-state index contributed by atoms with van der Waals surface area (Å²) in [6.07, 6.45) is 2.47. The second-order valence-electron chi connectivity index (χ2n) is 5.70. The Labute approximate surface area is 145 Å². The summed E-state index contributed by atoms with van der Waals surface area (Å²) in [6, 6.07) is 4.97. The van der Waals surface area contributed by atoms with Gasteiger partial charge < -0.3 is 14.9 Å². The zero-order valence-corrected chi connectivity index (χ0v) is 14.3. The number of halogens is 2. The Morgan fingerprint density at radius 1 is 1.39 bits per heavy atom. The zero-order chi connectivity index (χ0) is 17.1. The predicted molar refractivity (Wildman–Crippen MR) is 90.5 cm³/mol. The molecule has 2 rings (SSSR count). The molecule has 4 nitrogen and oxygen atoms in total. The van der Waals surface area contributed by atoms with Gasteiger partial charge in [-0.25, -0.2) is 0 Å². The van der Waals surface area contributed by atoms with E-state index in [0.29, 0.717) is 16.4 Å². The Kier molecular flexibility index (Phi) is 5.60. The van der Waals surface area contributed by atoms with Crippen molar-refractivity contribution in [3.05, 3.63) is 46.5 Å². The van der Waals surface area contributed by atoms with Gasteiger partial charge in [0.1, 0.15) is 11.5 Å². The van der Waals surface area contributed by atoms with Gasteiger partial charge >= 0.3 is 5.97 Å². The molecule has 0 saturated carbocycles. The van der Waals surface area contributed by atoms with Crippen molar-refractivity contribution in [1.82, 2.24) is 0 Å². The molecule has 0 heterocycles. The summed E-state index contributed by atoms with van der Waals surface area (Å²) in [5.41, 5.74) is 1.32. The number of aromatic hydroxyl groups is 1. The van der Waals surface area contributed by atoms with Gasteiger partial charge in [0.25, 0.3) is 0 Å². The molecule has 2 N–H and O–H groups in total. The maximum Gasteiger partial charge on any atom is 0.307 e. The molecular formula is C17H18Cl2O4. The minimum absolute atomic E-state index is 0.136. The van der Waals surface area contributed by atoms with Crippen LogP contribution in [0.2, 0.25) is 0 Å². The molecule has 2 atom stereocenters. The lowest BCUT2D eigenvalue weighted by Gasteiger charge is -2.26. The minimum Gasteiger partial charge on any atom is -0.508 e. The van der Waals surface area contributed by atoms with Crippen molar-refractivity contribution in [2.45, 2.75) is 37.7 Å². The average molecular weight is 357 g/mol. The Morgan fingerprint density at radius 3 is 2.65 bits per heavy atom. The van der Waals surface area contributed by atoms with Crippen molar-refractivity contribution >= 4 is 29.2 Å². The van der Waals surface area contributed by atoms with E-state index in [1.54, 1.807) is 30.4 Å². The molecule has 23 heavy (non-hydrogen) atoms. The fraction of sp³-hybridized carbons (Fsp3) is 0.353. The number of phenols is 1. The first-order valence-corrected chi connectivity index (χ1v) is 8.02. The molecule has 124 valence electrons. The van der Waals surface area contributed by atoms with E-state index in [1.165, 1.54) is 0 Å². The summed E-state index contributed by atoms with van der Waals surface area (Å²) in [4.78, 5) is 10.8. The Bertz CT molecular complexity index is 665. The predicted octanol–water partition coefficient (Wildman–Crippen LogP) is 4.41. The average Bonchev–Trinajstić information content (AvgIpc) is 2.43. The Hall–Kier alpha value is -1.65. The smallest absolute Gasteiger partial charge is 0.307 e. The van der Waals surface area contributed by atoms with Crippen LogP contribution in [0.15, 0.2) is 41.0 Å². The number of benzene rings is 1. The van der Waals surface area contributed by atoms with E-state index in [1.807, 2.05) is 13.8 Å². The van der Waals surface area contributed by atoms with Crippen LogP contribution >= 0.6 is 23.2 Å². The molecule has 0 radical (unpaired) electrons. The first-order valence-electron chi connectivity index (χ1n) is 7.21. The van der Waals surface area contributed by atoms with E-state index in [-0.39, 0.29) is 18.1 Å². The van der Waals surface area contributed by atoms with E-state index < -0.39 is 17.5 Å². The molecule has 0 saturated heterocycles. The minimum atomic E-state index is -0.944. The van der Waals surface area contributed by atoms with Crippen LogP contribution in [0.4, 0.5) is 0 Å². The first kappa shape index (κ1) is 17.7. The first-order chi connectivity index (χ1) is 10.8. The van der Waals surface area contributed by atoms with E-state index >= 15 is 0 Å². The third-order valence-electron chi connectivity index (χ3n) is 3.50. The molecule has 1 aromatic rings. The highest BCUT2D eigenvalue weighted by Gasteiger charge is 2.28. The quantitative estimate of drug-likeness (QED) is 0.766. The molecule has 6 heteroatoms. The Morgan fingerprint density at radius 2 is 2.09 bits per heavy atom. The normalized spacial score (nSPS) is 20.9. The molecule has 0 aliphatic heterocycles. The molecule has 0 fully saturated rings. The topological polar surface area (TPSA) is 66.8 Å². The molecule has 0 aromatic heterocycles. The third kappa shape index (κ3) is 4.43. The largest absolute Gasteiger partial charge is 0.508 e. The van der Waals surface area contributed by atoms with Crippen molar-refractivity contribution in [2.24, 2.45) is 0 Å². The lowest BCUT2D eigenvalue weighted by atomic mass is 10.0. The van der Waals surface area contributed by atoms with Crippen molar-refractivity contribution in [2.75, 3.05) is 0 Å². The van der Waals surface area contributed by atoms with Crippen LogP contribution < -0.4 is 4.74 Å². The summed E-state index contributed by atoms with van der Waals surface area (Å²) in [5.74, 6) is -0.0439. The molecule has 1 aliphatic rings. The van der Waals surface area contributed by atoms with Gasteiger partial charge in [0.15, 0.2) is 6.10 Å². The van der Waals surface area contributed by atoms with Crippen LogP contribution in [0.3, 0.4) is 0 Å². The highest BCUT2D eigenvalue weighted by molar-refractivity contribution is 6.32. The zero-order valence-electron chi connectivity index (χ0n) is 12.8. The standard InChI is InChI=1S/C17H18Cl2O4/c1-9(2)12-8-11(3-4-15(12)20)23-17-13(18)5-10(6-14(17)19)7-16(21)22/h3-6,8-9,13,17,20H,7H2,1-2H3,(H,21,22). The number of alkyl halides is 1. The van der Waals surface area contributed by atoms with Gasteiger partial charge in [-0.2, -0.15) is 0 Å². The second-order valence-corrected chi connectivity index (χ2v) is 6.64. The van der Waals surface area contributed by atoms with E-state index in [9.17, 15) is 9.90 Å². The molecule has 0 bridgehead atoms. The van der Waals surface area contributed by atoms with Crippen LogP contribution in [-0.2, 0) is 4.79 Å². The van der Waals surface area contributed by atoms with Gasteiger partial charge in [-0.15, -0.1) is 11.6 Å². The number of aliphatic carboxylic acids is 1. The summed E-state index contributed by atoms with van der Waals surface area (Å²) in [6.45, 7) is 3.94. The van der Waals surface area contributed by atoms with Gasteiger partial charge in [-0.3, -0.25) is 4.79 Å². The monoisotopic (exact) mass is 356 g/mol. The number of phenolic OH excluding ortho intramolecular Hbond substituents is 1. The Balaban J connectivity index is 2.18. The molecule has 1 aromatic carbocycles. The van der Waals surface area contributed by atoms with Crippen LogP contribution in [0.5, 0.6) is 11.5 Å². The number of hydrogen-bond acceptors (Lipinski definition) is 3. The van der Waals surface area contributed by atoms with E-state index in [0.717, 1.165) is 5.56 Å². The highest BCUT2D eigenvalue weighted by atomic mass is 35.5. The number of rotatable bonds is 5. The van der Waals surface area contributed by atoms with Gasteiger partial charge in [0.05, 0.1) is 16.8 Å². The molecular weight excluding hydrogens is 339 g/mol. The number of carbonyl (C=O) groups is 1. The SMILES string of the molecule is CC(C)c1cc(OC2C(Cl)=CC(CC(=O)O)=CC2Cl)ccc1O. The van der Waals surface area contributed by atoms with Crippen LogP contribution in [-0.4, -0.2) is 27.7 Å². The van der Waals surface area contributed by atoms with E-state index in [4.69, 9.17) is 33.0 Å². The molecule has 0 spiro atoms. The summed E-state index contributed by atoms with van der Waals surface area (Å²) >= 11 is 12.5. The fourth-order valence-electron chi connectivity index (χ4n) is 2.37. The fourth-order valence-corrected chi connectivity index (χ4v) is 3.11. The van der Waals surface area contributed by atoms with Gasteiger partial charge in [-0.1, -0.05) is 31.5 Å². The maximum absolute atomic E-state index is 10.8. The number of carboxylic acid groups (broad SMARTS) is 1. The van der Waals surface area contributed by atoms with Gasteiger partial charge in [-0.05, 0) is 35.8 Å². The van der Waals surface area contributed by atoms with Crippen molar-refractivity contribution in [3.63, 3.8) is 0 Å². The number of carboxylic acids is 1. The maximum atomic E-state index is 10.8. The molecule has 2 unspecified atom stereocenters.